The second-order valence-corrected chi connectivity index (χ2v) is 9.91. The van der Waals surface area contributed by atoms with Gasteiger partial charge in [0.2, 0.25) is 0 Å². The SMILES string of the molecule is CNCCN1C[C@H]2C[C@@H](n3cc(CN4CCCC4)nn3)[C@H](OCC3CC3)C[C@H]2C1.Cl.Cl. The molecule has 0 radical (unpaired) electrons. The van der Waals surface area contributed by atoms with E-state index in [4.69, 9.17) is 4.74 Å². The van der Waals surface area contributed by atoms with Gasteiger partial charge in [0, 0.05) is 39.3 Å². The van der Waals surface area contributed by atoms with Gasteiger partial charge in [-0.25, -0.2) is 4.68 Å². The molecule has 31 heavy (non-hydrogen) atoms. The van der Waals surface area contributed by atoms with Crippen LogP contribution in [-0.2, 0) is 11.3 Å². The van der Waals surface area contributed by atoms with Crippen LogP contribution in [0.15, 0.2) is 6.20 Å². The van der Waals surface area contributed by atoms with Gasteiger partial charge in [0.15, 0.2) is 0 Å². The molecule has 4 fully saturated rings. The number of aromatic nitrogens is 3. The van der Waals surface area contributed by atoms with Crippen LogP contribution in [-0.4, -0.2) is 83.8 Å². The highest BCUT2D eigenvalue weighted by Gasteiger charge is 2.44. The Morgan fingerprint density at radius 2 is 1.81 bits per heavy atom. The number of ether oxygens (including phenoxy) is 1. The third-order valence-electron chi connectivity index (χ3n) is 7.56. The molecule has 0 aromatic carbocycles. The minimum atomic E-state index is 0. The Hall–Kier alpha value is -0.440. The number of nitrogens with one attached hydrogen (secondary N) is 1. The Kier molecular flexibility index (Phi) is 9.44. The Balaban J connectivity index is 0.00000136. The highest BCUT2D eigenvalue weighted by atomic mass is 35.5. The molecule has 9 heteroatoms. The molecule has 5 rings (SSSR count). The van der Waals surface area contributed by atoms with E-state index in [-0.39, 0.29) is 24.8 Å². The summed E-state index contributed by atoms with van der Waals surface area (Å²) >= 11 is 0. The zero-order valence-electron chi connectivity index (χ0n) is 18.8. The fourth-order valence-electron chi connectivity index (χ4n) is 5.66. The molecule has 2 aliphatic heterocycles. The molecule has 4 aliphatic rings. The summed E-state index contributed by atoms with van der Waals surface area (Å²) in [6, 6.07) is 0.346. The molecule has 2 aliphatic carbocycles. The molecule has 2 saturated heterocycles. The standard InChI is InChI=1S/C22H38N6O.2ClH/c1-23-6-9-27-12-18-10-21(22(11-19(18)13-27)29-16-17-4-5-17)28-15-20(24-25-28)14-26-7-2-3-8-26;;/h15,17-19,21-23H,2-14,16H2,1H3;2*1H/t18-,19+,21-,22-;;/m1../s1. The third kappa shape index (κ3) is 6.33. The molecule has 0 amide bonds. The van der Waals surface area contributed by atoms with Gasteiger partial charge in [-0.15, -0.1) is 29.9 Å². The van der Waals surface area contributed by atoms with Crippen LogP contribution in [0.3, 0.4) is 0 Å². The molecular weight excluding hydrogens is 435 g/mol. The third-order valence-corrected chi connectivity index (χ3v) is 7.56. The van der Waals surface area contributed by atoms with Crippen LogP contribution in [0.4, 0.5) is 0 Å². The van der Waals surface area contributed by atoms with Gasteiger partial charge in [0.1, 0.15) is 0 Å². The van der Waals surface area contributed by atoms with Gasteiger partial charge in [0.25, 0.3) is 0 Å². The lowest BCUT2D eigenvalue weighted by molar-refractivity contribution is -0.0375. The van der Waals surface area contributed by atoms with E-state index in [1.807, 2.05) is 7.05 Å². The molecule has 1 N–H and O–H groups in total. The summed E-state index contributed by atoms with van der Waals surface area (Å²) in [5, 5.41) is 12.4. The zero-order valence-corrected chi connectivity index (χ0v) is 20.5. The number of rotatable bonds is 9. The monoisotopic (exact) mass is 474 g/mol. The lowest BCUT2D eigenvalue weighted by atomic mass is 9.77. The van der Waals surface area contributed by atoms with Crippen LogP contribution >= 0.6 is 24.8 Å². The number of halogens is 2. The Morgan fingerprint density at radius 3 is 2.52 bits per heavy atom. The van der Waals surface area contributed by atoms with E-state index in [0.717, 1.165) is 49.7 Å². The summed E-state index contributed by atoms with van der Waals surface area (Å²) in [5.41, 5.74) is 1.12. The van der Waals surface area contributed by atoms with Crippen molar-refractivity contribution in [1.82, 2.24) is 30.1 Å². The van der Waals surface area contributed by atoms with Crippen LogP contribution in [0.2, 0.25) is 0 Å². The Morgan fingerprint density at radius 1 is 1.06 bits per heavy atom. The van der Waals surface area contributed by atoms with E-state index < -0.39 is 0 Å². The van der Waals surface area contributed by atoms with Gasteiger partial charge in [-0.05, 0) is 76.4 Å². The van der Waals surface area contributed by atoms with Crippen molar-refractivity contribution in [1.29, 1.82) is 0 Å². The van der Waals surface area contributed by atoms with E-state index >= 15 is 0 Å². The topological polar surface area (TPSA) is 58.5 Å². The second-order valence-electron chi connectivity index (χ2n) is 9.91. The number of likely N-dealkylation sites (N-methyl/N-ethyl adjacent to an activating group) is 1. The fourth-order valence-corrected chi connectivity index (χ4v) is 5.66. The number of nitrogens with zero attached hydrogens (tertiary/aromatic N) is 5. The Labute approximate surface area is 199 Å². The second kappa shape index (κ2) is 11.6. The van der Waals surface area contributed by atoms with E-state index in [2.05, 4.69) is 36.3 Å². The number of likely N-dealkylation sites (tertiary alicyclic amines) is 2. The highest BCUT2D eigenvalue weighted by molar-refractivity contribution is 5.85. The molecule has 4 atom stereocenters. The van der Waals surface area contributed by atoms with Crippen LogP contribution in [0, 0.1) is 17.8 Å². The van der Waals surface area contributed by atoms with Crippen molar-refractivity contribution in [2.24, 2.45) is 17.8 Å². The normalized spacial score (nSPS) is 31.3. The van der Waals surface area contributed by atoms with Crippen molar-refractivity contribution in [2.45, 2.75) is 57.2 Å². The first-order valence-electron chi connectivity index (χ1n) is 11.9. The van der Waals surface area contributed by atoms with Crippen LogP contribution in [0.25, 0.3) is 0 Å². The average Bonchev–Trinajstić information content (AvgIpc) is 3.11. The van der Waals surface area contributed by atoms with E-state index in [1.54, 1.807) is 0 Å². The largest absolute Gasteiger partial charge is 0.376 e. The molecule has 0 bridgehead atoms. The molecule has 0 unspecified atom stereocenters. The van der Waals surface area contributed by atoms with Gasteiger partial charge in [0.05, 0.1) is 24.0 Å². The van der Waals surface area contributed by atoms with Gasteiger partial charge < -0.3 is 15.0 Å². The molecule has 178 valence electrons. The minimum Gasteiger partial charge on any atom is -0.376 e. The number of hydrogen-bond acceptors (Lipinski definition) is 6. The highest BCUT2D eigenvalue weighted by Crippen LogP contribution is 2.43. The van der Waals surface area contributed by atoms with Crippen molar-refractivity contribution >= 4 is 24.8 Å². The van der Waals surface area contributed by atoms with E-state index in [9.17, 15) is 0 Å². The minimum absolute atomic E-state index is 0. The van der Waals surface area contributed by atoms with Gasteiger partial charge in [-0.1, -0.05) is 5.21 Å². The maximum Gasteiger partial charge on any atom is 0.0967 e. The predicted molar refractivity (Wildman–Crippen MR) is 127 cm³/mol. The van der Waals surface area contributed by atoms with Gasteiger partial charge in [-0.2, -0.15) is 0 Å². The molecule has 1 aromatic heterocycles. The fraction of sp³-hybridized carbons (Fsp3) is 0.909. The summed E-state index contributed by atoms with van der Waals surface area (Å²) in [7, 11) is 2.05. The first-order valence-corrected chi connectivity index (χ1v) is 11.9. The maximum absolute atomic E-state index is 6.51. The molecule has 1 aromatic rings. The maximum atomic E-state index is 6.51. The predicted octanol–water partition coefficient (Wildman–Crippen LogP) is 2.62. The van der Waals surface area contributed by atoms with E-state index in [1.165, 1.54) is 64.7 Å². The van der Waals surface area contributed by atoms with Crippen molar-refractivity contribution in [3.05, 3.63) is 11.9 Å². The quantitative estimate of drug-likeness (QED) is 0.593. The summed E-state index contributed by atoms with van der Waals surface area (Å²) < 4.78 is 8.67. The number of fused-ring (bicyclic) bond motifs is 1. The zero-order chi connectivity index (χ0) is 19.6. The molecular formula is C22H40Cl2N6O. The first kappa shape index (κ1) is 25.2. The smallest absolute Gasteiger partial charge is 0.0967 e. The Bertz CT molecular complexity index is 666. The summed E-state index contributed by atoms with van der Waals surface area (Å²) in [4.78, 5) is 5.15. The average molecular weight is 476 g/mol. The molecule has 0 spiro atoms. The van der Waals surface area contributed by atoms with Gasteiger partial charge >= 0.3 is 0 Å². The summed E-state index contributed by atoms with van der Waals surface area (Å²) in [5.74, 6) is 2.36. The summed E-state index contributed by atoms with van der Waals surface area (Å²) in [6.07, 6.45) is 10.2. The van der Waals surface area contributed by atoms with Crippen molar-refractivity contribution in [3.8, 4) is 0 Å². The van der Waals surface area contributed by atoms with Crippen molar-refractivity contribution in [2.75, 3.05) is 52.9 Å². The van der Waals surface area contributed by atoms with E-state index in [0.29, 0.717) is 12.1 Å². The lowest BCUT2D eigenvalue weighted by Crippen LogP contribution is -2.38. The van der Waals surface area contributed by atoms with Crippen molar-refractivity contribution in [3.63, 3.8) is 0 Å². The van der Waals surface area contributed by atoms with Crippen LogP contribution in [0.1, 0.15) is 50.3 Å². The first-order chi connectivity index (χ1) is 14.3. The lowest BCUT2D eigenvalue weighted by Gasteiger charge is -2.37. The molecule has 7 nitrogen and oxygen atoms in total. The summed E-state index contributed by atoms with van der Waals surface area (Å²) in [6.45, 7) is 9.00. The molecule has 2 saturated carbocycles. The van der Waals surface area contributed by atoms with Crippen LogP contribution < -0.4 is 5.32 Å². The number of hydrogen-bond donors (Lipinski definition) is 1. The van der Waals surface area contributed by atoms with Crippen molar-refractivity contribution < 1.29 is 4.74 Å². The van der Waals surface area contributed by atoms with Gasteiger partial charge in [-0.3, -0.25) is 4.90 Å². The molecule has 3 heterocycles. The van der Waals surface area contributed by atoms with Crippen LogP contribution in [0.5, 0.6) is 0 Å².